The third kappa shape index (κ3) is 4.04. The Balaban J connectivity index is 1.45. The number of hydrogen-bond donors (Lipinski definition) is 1. The van der Waals surface area contributed by atoms with Crippen molar-refractivity contribution in [3.05, 3.63) is 53.1 Å². The van der Waals surface area contributed by atoms with Crippen LogP contribution in [0.5, 0.6) is 11.5 Å². The molecule has 32 heavy (non-hydrogen) atoms. The van der Waals surface area contributed by atoms with Crippen LogP contribution in [0.25, 0.3) is 0 Å². The van der Waals surface area contributed by atoms with Gasteiger partial charge in [0.1, 0.15) is 23.6 Å². The molecule has 6 heteroatoms. The molecule has 1 fully saturated rings. The maximum atomic E-state index is 12.6. The van der Waals surface area contributed by atoms with Crippen molar-refractivity contribution in [3.8, 4) is 11.5 Å². The van der Waals surface area contributed by atoms with Gasteiger partial charge in [0, 0.05) is 33.1 Å². The van der Waals surface area contributed by atoms with E-state index >= 15 is 0 Å². The fourth-order valence-electron chi connectivity index (χ4n) is 5.18. The van der Waals surface area contributed by atoms with Crippen LogP contribution >= 0.6 is 0 Å². The van der Waals surface area contributed by atoms with Gasteiger partial charge in [0.25, 0.3) is 0 Å². The first kappa shape index (κ1) is 21.1. The number of carbonyl (C=O) groups excluding carboxylic acids is 1. The van der Waals surface area contributed by atoms with E-state index in [0.29, 0.717) is 12.3 Å². The molecule has 0 radical (unpaired) electrons. The molecule has 1 aliphatic carbocycles. The summed E-state index contributed by atoms with van der Waals surface area (Å²) >= 11 is 0. The van der Waals surface area contributed by atoms with E-state index in [1.165, 1.54) is 37.5 Å². The van der Waals surface area contributed by atoms with Crippen molar-refractivity contribution in [2.24, 2.45) is 5.92 Å². The van der Waals surface area contributed by atoms with E-state index < -0.39 is 0 Å². The normalized spacial score (nSPS) is 23.4. The Morgan fingerprint density at radius 3 is 2.62 bits per heavy atom. The molecular formula is C26H32N2O4. The number of aromatic hydroxyl groups is 1. The van der Waals surface area contributed by atoms with Crippen molar-refractivity contribution < 1.29 is 19.4 Å². The van der Waals surface area contributed by atoms with E-state index in [9.17, 15) is 9.90 Å². The highest BCUT2D eigenvalue weighted by Gasteiger charge is 2.36. The van der Waals surface area contributed by atoms with E-state index in [2.05, 4.69) is 29.0 Å². The van der Waals surface area contributed by atoms with Gasteiger partial charge >= 0.3 is 5.97 Å². The predicted molar refractivity (Wildman–Crippen MR) is 123 cm³/mol. The smallest absolute Gasteiger partial charge is 0.323 e. The van der Waals surface area contributed by atoms with Crippen LogP contribution in [-0.4, -0.2) is 49.3 Å². The summed E-state index contributed by atoms with van der Waals surface area (Å²) in [6.45, 7) is 2.56. The van der Waals surface area contributed by atoms with E-state index in [4.69, 9.17) is 9.47 Å². The predicted octanol–water partition coefficient (Wildman–Crippen LogP) is 4.05. The zero-order valence-corrected chi connectivity index (χ0v) is 18.9. The summed E-state index contributed by atoms with van der Waals surface area (Å²) < 4.78 is 11.7. The Morgan fingerprint density at radius 1 is 1.16 bits per heavy atom. The first-order chi connectivity index (χ1) is 15.5. The second-order valence-corrected chi connectivity index (χ2v) is 9.47. The number of phenolic OH excluding ortho intramolecular Hbond substituents is 1. The highest BCUT2D eigenvalue weighted by Crippen LogP contribution is 2.41. The van der Waals surface area contributed by atoms with Crippen LogP contribution in [0.4, 0.5) is 5.69 Å². The largest absolute Gasteiger partial charge is 0.508 e. The number of nitrogens with zero attached hydrogens (tertiary/aromatic N) is 2. The minimum atomic E-state index is -0.215. The van der Waals surface area contributed by atoms with Crippen LogP contribution in [0.3, 0.4) is 0 Å². The number of carbonyl (C=O) groups is 1. The number of esters is 1. The first-order valence-electron chi connectivity index (χ1n) is 11.7. The van der Waals surface area contributed by atoms with Gasteiger partial charge in [0.2, 0.25) is 0 Å². The van der Waals surface area contributed by atoms with Crippen LogP contribution in [0.15, 0.2) is 36.4 Å². The zero-order valence-electron chi connectivity index (χ0n) is 18.9. The van der Waals surface area contributed by atoms with Crippen LogP contribution in [-0.2, 0) is 22.5 Å². The Hall–Kier alpha value is -2.73. The van der Waals surface area contributed by atoms with Gasteiger partial charge in [0.05, 0.1) is 12.8 Å². The molecule has 2 heterocycles. The molecule has 2 aliphatic heterocycles. The summed E-state index contributed by atoms with van der Waals surface area (Å²) in [6.07, 6.45) is 5.28. The summed E-state index contributed by atoms with van der Waals surface area (Å²) in [5, 5.41) is 9.64. The lowest BCUT2D eigenvalue weighted by Crippen LogP contribution is -2.48. The van der Waals surface area contributed by atoms with Crippen molar-refractivity contribution in [1.29, 1.82) is 0 Å². The van der Waals surface area contributed by atoms with Gasteiger partial charge < -0.3 is 19.5 Å². The van der Waals surface area contributed by atoms with Gasteiger partial charge in [-0.05, 0) is 66.1 Å². The van der Waals surface area contributed by atoms with Crippen LogP contribution in [0.1, 0.15) is 48.5 Å². The Bertz CT molecular complexity index is 986. The Morgan fingerprint density at radius 2 is 1.94 bits per heavy atom. The average molecular weight is 437 g/mol. The summed E-state index contributed by atoms with van der Waals surface area (Å²) in [6, 6.07) is 11.5. The summed E-state index contributed by atoms with van der Waals surface area (Å²) in [5.41, 5.74) is 4.59. The van der Waals surface area contributed by atoms with Crippen LogP contribution in [0.2, 0.25) is 0 Å². The number of hydrogen-bond acceptors (Lipinski definition) is 6. The van der Waals surface area contributed by atoms with Gasteiger partial charge in [-0.1, -0.05) is 18.6 Å². The molecule has 0 spiro atoms. The van der Waals surface area contributed by atoms with Crippen molar-refractivity contribution in [3.63, 3.8) is 0 Å². The second-order valence-electron chi connectivity index (χ2n) is 9.47. The molecule has 1 N–H and O–H groups in total. The van der Waals surface area contributed by atoms with Crippen LogP contribution < -0.4 is 9.64 Å². The molecule has 2 atom stereocenters. The number of fused-ring (bicyclic) bond motifs is 2. The molecule has 0 unspecified atom stereocenters. The fourth-order valence-corrected chi connectivity index (χ4v) is 5.18. The number of anilines is 1. The Kier molecular flexibility index (Phi) is 5.72. The third-order valence-electron chi connectivity index (χ3n) is 7.37. The van der Waals surface area contributed by atoms with E-state index in [-0.39, 0.29) is 23.9 Å². The lowest BCUT2D eigenvalue weighted by atomic mass is 9.83. The van der Waals surface area contributed by atoms with Gasteiger partial charge in [-0.15, -0.1) is 0 Å². The average Bonchev–Trinajstić information content (AvgIpc) is 2.93. The quantitative estimate of drug-likeness (QED) is 0.730. The van der Waals surface area contributed by atoms with E-state index in [1.54, 1.807) is 12.1 Å². The van der Waals surface area contributed by atoms with E-state index in [0.717, 1.165) is 43.1 Å². The van der Waals surface area contributed by atoms with Gasteiger partial charge in [-0.25, -0.2) is 0 Å². The van der Waals surface area contributed by atoms with Gasteiger partial charge in [-0.3, -0.25) is 9.69 Å². The third-order valence-corrected chi connectivity index (χ3v) is 7.37. The topological polar surface area (TPSA) is 62.2 Å². The highest BCUT2D eigenvalue weighted by atomic mass is 16.5. The zero-order chi connectivity index (χ0) is 22.2. The van der Waals surface area contributed by atoms with Crippen molar-refractivity contribution in [2.75, 3.05) is 32.1 Å². The SMILES string of the molecule is COC(=O)[C@@H]1Cc2cc3c(cc2CN1CC1CCC1)O[C@@H](c1ccc(O)cc1)CCN3C. The molecule has 0 aromatic heterocycles. The molecule has 1 saturated carbocycles. The molecule has 0 amide bonds. The summed E-state index contributed by atoms with van der Waals surface area (Å²) in [7, 11) is 3.58. The van der Waals surface area contributed by atoms with Crippen LogP contribution in [0, 0.1) is 5.92 Å². The van der Waals surface area contributed by atoms with Gasteiger partial charge in [0.15, 0.2) is 0 Å². The van der Waals surface area contributed by atoms with Gasteiger partial charge in [-0.2, -0.15) is 0 Å². The molecule has 5 rings (SSSR count). The first-order valence-corrected chi connectivity index (χ1v) is 11.7. The number of methoxy groups -OCH3 is 1. The minimum absolute atomic E-state index is 0.0603. The number of benzene rings is 2. The molecule has 170 valence electrons. The second kappa shape index (κ2) is 8.66. The highest BCUT2D eigenvalue weighted by molar-refractivity contribution is 5.77. The minimum Gasteiger partial charge on any atom is -0.508 e. The molecule has 6 nitrogen and oxygen atoms in total. The molecule has 0 saturated heterocycles. The maximum absolute atomic E-state index is 12.6. The lowest BCUT2D eigenvalue weighted by molar-refractivity contribution is -0.148. The standard InChI is InChI=1S/C26H32N2O4/c1-27-11-10-24(18-6-8-21(29)9-7-18)32-25-14-20-16-28(15-17-4-3-5-17)23(26(30)31-2)13-19(20)12-22(25)27/h6-9,12,14,17,23-24,29H,3-5,10-11,13,15-16H2,1-2H3/t23-,24+/m0/s1. The summed E-state index contributed by atoms with van der Waals surface area (Å²) in [5.74, 6) is 1.70. The monoisotopic (exact) mass is 436 g/mol. The number of ether oxygens (including phenoxy) is 2. The number of rotatable bonds is 4. The van der Waals surface area contributed by atoms with Crippen molar-refractivity contribution in [1.82, 2.24) is 4.90 Å². The van der Waals surface area contributed by atoms with E-state index in [1.807, 2.05) is 12.1 Å². The lowest BCUT2D eigenvalue weighted by Gasteiger charge is -2.39. The molecular weight excluding hydrogens is 404 g/mol. The maximum Gasteiger partial charge on any atom is 0.323 e. The van der Waals surface area contributed by atoms with Crippen molar-refractivity contribution in [2.45, 2.75) is 50.8 Å². The molecule has 2 aromatic carbocycles. The summed E-state index contributed by atoms with van der Waals surface area (Å²) in [4.78, 5) is 17.1. The molecule has 3 aliphatic rings. The number of phenols is 1. The molecule has 2 aromatic rings. The molecule has 0 bridgehead atoms. The fraction of sp³-hybridized carbons (Fsp3) is 0.500. The van der Waals surface area contributed by atoms with Crippen molar-refractivity contribution >= 4 is 11.7 Å². The Labute approximate surface area is 189 Å².